The number of fused-ring (bicyclic) bond motifs is 1. The minimum atomic E-state index is -0.0641. The Bertz CT molecular complexity index is 1000. The number of ether oxygens (including phenoxy) is 2. The SMILES string of the molecule is CCCCOc1cccc(C(=O)N(CCCN(C)C)c2nc3cc(OC)ccc3s2)c1. The van der Waals surface area contributed by atoms with Gasteiger partial charge in [-0.1, -0.05) is 30.7 Å². The third-order valence-electron chi connectivity index (χ3n) is 4.89. The van der Waals surface area contributed by atoms with Crippen molar-refractivity contribution in [3.05, 3.63) is 48.0 Å². The number of carbonyl (C=O) groups excluding carboxylic acids is 1. The van der Waals surface area contributed by atoms with Gasteiger partial charge in [0, 0.05) is 18.2 Å². The molecule has 6 nitrogen and oxygen atoms in total. The molecule has 1 heterocycles. The summed E-state index contributed by atoms with van der Waals surface area (Å²) >= 11 is 1.52. The summed E-state index contributed by atoms with van der Waals surface area (Å²) in [4.78, 5) is 22.2. The molecule has 2 aromatic carbocycles. The van der Waals surface area contributed by atoms with Gasteiger partial charge >= 0.3 is 0 Å². The van der Waals surface area contributed by atoms with Gasteiger partial charge in [-0.05, 0) is 63.8 Å². The summed E-state index contributed by atoms with van der Waals surface area (Å²) in [5.41, 5.74) is 1.44. The largest absolute Gasteiger partial charge is 0.497 e. The zero-order valence-corrected chi connectivity index (χ0v) is 19.6. The lowest BCUT2D eigenvalue weighted by molar-refractivity contribution is 0.0985. The number of aromatic nitrogens is 1. The molecule has 0 bridgehead atoms. The van der Waals surface area contributed by atoms with E-state index < -0.39 is 0 Å². The molecule has 7 heteroatoms. The first-order valence-electron chi connectivity index (χ1n) is 10.7. The molecule has 166 valence electrons. The number of hydrogen-bond donors (Lipinski definition) is 0. The molecule has 0 fully saturated rings. The number of carbonyl (C=O) groups is 1. The van der Waals surface area contributed by atoms with Gasteiger partial charge in [0.2, 0.25) is 0 Å². The van der Waals surface area contributed by atoms with Crippen LogP contribution in [0.15, 0.2) is 42.5 Å². The summed E-state index contributed by atoms with van der Waals surface area (Å²) in [6.45, 7) is 4.26. The normalized spacial score (nSPS) is 11.1. The molecule has 0 atom stereocenters. The van der Waals surface area contributed by atoms with Gasteiger partial charge in [-0.3, -0.25) is 9.69 Å². The van der Waals surface area contributed by atoms with Crippen molar-refractivity contribution in [1.82, 2.24) is 9.88 Å². The average Bonchev–Trinajstić information content (AvgIpc) is 3.19. The van der Waals surface area contributed by atoms with Crippen LogP contribution in [0.2, 0.25) is 0 Å². The maximum absolute atomic E-state index is 13.5. The maximum atomic E-state index is 13.5. The third kappa shape index (κ3) is 6.18. The quantitative estimate of drug-likeness (QED) is 0.388. The second-order valence-electron chi connectivity index (χ2n) is 7.67. The predicted molar refractivity (Wildman–Crippen MR) is 128 cm³/mol. The number of hydrogen-bond acceptors (Lipinski definition) is 6. The van der Waals surface area contributed by atoms with Crippen LogP contribution in [0, 0.1) is 0 Å². The summed E-state index contributed by atoms with van der Waals surface area (Å²) in [5, 5.41) is 0.698. The van der Waals surface area contributed by atoms with Gasteiger partial charge in [-0.15, -0.1) is 0 Å². The molecule has 3 rings (SSSR count). The highest BCUT2D eigenvalue weighted by Gasteiger charge is 2.22. The van der Waals surface area contributed by atoms with E-state index in [4.69, 9.17) is 14.5 Å². The highest BCUT2D eigenvalue weighted by molar-refractivity contribution is 7.22. The molecule has 31 heavy (non-hydrogen) atoms. The Morgan fingerprint density at radius 1 is 1.06 bits per heavy atom. The van der Waals surface area contributed by atoms with Crippen molar-refractivity contribution in [3.8, 4) is 11.5 Å². The number of thiazole rings is 1. The third-order valence-corrected chi connectivity index (χ3v) is 5.95. The fourth-order valence-electron chi connectivity index (χ4n) is 3.18. The standard InChI is InChI=1S/C24H31N3O3S/c1-5-6-15-30-20-10-7-9-18(16-20)23(28)27(14-8-13-26(2)3)24-25-21-17-19(29-4)11-12-22(21)31-24/h7,9-12,16-17H,5-6,8,13-15H2,1-4H3. The number of methoxy groups -OCH3 is 1. The van der Waals surface area contributed by atoms with Crippen LogP contribution in [0.3, 0.4) is 0 Å². The predicted octanol–water partition coefficient (Wildman–Crippen LogP) is 5.08. The molecule has 0 spiro atoms. The first-order valence-corrected chi connectivity index (χ1v) is 11.5. The second-order valence-corrected chi connectivity index (χ2v) is 8.68. The molecule has 0 N–H and O–H groups in total. The molecule has 0 aliphatic carbocycles. The van der Waals surface area contributed by atoms with Crippen LogP contribution in [-0.4, -0.2) is 56.7 Å². The van der Waals surface area contributed by atoms with Gasteiger partial charge in [0.05, 0.1) is 23.9 Å². The summed E-state index contributed by atoms with van der Waals surface area (Å²) in [6.07, 6.45) is 2.91. The van der Waals surface area contributed by atoms with E-state index in [1.165, 1.54) is 11.3 Å². The van der Waals surface area contributed by atoms with Gasteiger partial charge in [-0.2, -0.15) is 0 Å². The number of amides is 1. The van der Waals surface area contributed by atoms with Crippen molar-refractivity contribution in [2.45, 2.75) is 26.2 Å². The molecule has 1 aromatic heterocycles. The number of nitrogens with zero attached hydrogens (tertiary/aromatic N) is 3. The maximum Gasteiger partial charge on any atom is 0.260 e. The lowest BCUT2D eigenvalue weighted by Crippen LogP contribution is -2.33. The van der Waals surface area contributed by atoms with Crippen LogP contribution < -0.4 is 14.4 Å². The van der Waals surface area contributed by atoms with Gasteiger partial charge in [0.25, 0.3) is 5.91 Å². The molecular weight excluding hydrogens is 410 g/mol. The summed E-state index contributed by atoms with van der Waals surface area (Å²) < 4.78 is 12.1. The van der Waals surface area contributed by atoms with E-state index in [2.05, 4.69) is 11.8 Å². The van der Waals surface area contributed by atoms with Crippen molar-refractivity contribution in [2.24, 2.45) is 0 Å². The Hall–Kier alpha value is -2.64. The smallest absolute Gasteiger partial charge is 0.260 e. The molecule has 0 radical (unpaired) electrons. The minimum absolute atomic E-state index is 0.0641. The zero-order valence-electron chi connectivity index (χ0n) is 18.8. The molecule has 3 aromatic rings. The monoisotopic (exact) mass is 441 g/mol. The fourth-order valence-corrected chi connectivity index (χ4v) is 4.15. The second kappa shape index (κ2) is 11.1. The minimum Gasteiger partial charge on any atom is -0.497 e. The van der Waals surface area contributed by atoms with Crippen molar-refractivity contribution in [3.63, 3.8) is 0 Å². The number of unbranched alkanes of at least 4 members (excludes halogenated alkanes) is 1. The van der Waals surface area contributed by atoms with Gasteiger partial charge in [-0.25, -0.2) is 4.98 Å². The lowest BCUT2D eigenvalue weighted by atomic mass is 10.2. The summed E-state index contributed by atoms with van der Waals surface area (Å²) in [5.74, 6) is 1.42. The summed E-state index contributed by atoms with van der Waals surface area (Å²) in [6, 6.07) is 13.2. The Kier molecular flexibility index (Phi) is 8.26. The lowest BCUT2D eigenvalue weighted by Gasteiger charge is -2.21. The van der Waals surface area contributed by atoms with E-state index in [1.54, 1.807) is 12.0 Å². The van der Waals surface area contributed by atoms with Crippen LogP contribution in [0.25, 0.3) is 10.2 Å². The van der Waals surface area contributed by atoms with Gasteiger partial charge < -0.3 is 14.4 Å². The molecule has 0 saturated heterocycles. The Morgan fingerprint density at radius 2 is 1.90 bits per heavy atom. The van der Waals surface area contributed by atoms with E-state index >= 15 is 0 Å². The van der Waals surface area contributed by atoms with Crippen molar-refractivity contribution >= 4 is 32.6 Å². The molecule has 0 aliphatic heterocycles. The van der Waals surface area contributed by atoms with E-state index in [9.17, 15) is 4.79 Å². The number of benzene rings is 2. The van der Waals surface area contributed by atoms with Crippen LogP contribution >= 0.6 is 11.3 Å². The zero-order chi connectivity index (χ0) is 22.2. The topological polar surface area (TPSA) is 54.9 Å². The Labute approximate surface area is 188 Å². The van der Waals surface area contributed by atoms with E-state index in [0.29, 0.717) is 23.8 Å². The number of anilines is 1. The van der Waals surface area contributed by atoms with Crippen LogP contribution in [0.4, 0.5) is 5.13 Å². The highest BCUT2D eigenvalue weighted by Crippen LogP contribution is 2.32. The molecule has 0 unspecified atom stereocenters. The van der Waals surface area contributed by atoms with E-state index in [0.717, 1.165) is 47.5 Å². The first kappa shape index (κ1) is 23.0. The average molecular weight is 442 g/mol. The van der Waals surface area contributed by atoms with Crippen LogP contribution in [0.5, 0.6) is 11.5 Å². The van der Waals surface area contributed by atoms with Crippen LogP contribution in [0.1, 0.15) is 36.5 Å². The molecule has 1 amide bonds. The number of rotatable bonds is 11. The highest BCUT2D eigenvalue weighted by atomic mass is 32.1. The Morgan fingerprint density at radius 3 is 2.65 bits per heavy atom. The van der Waals surface area contributed by atoms with Gasteiger partial charge in [0.1, 0.15) is 11.5 Å². The fraction of sp³-hybridized carbons (Fsp3) is 0.417. The first-order chi connectivity index (χ1) is 15.0. The van der Waals surface area contributed by atoms with E-state index in [-0.39, 0.29) is 5.91 Å². The van der Waals surface area contributed by atoms with Crippen molar-refractivity contribution in [1.29, 1.82) is 0 Å². The summed E-state index contributed by atoms with van der Waals surface area (Å²) in [7, 11) is 5.71. The molecule has 0 aliphatic rings. The van der Waals surface area contributed by atoms with Crippen molar-refractivity contribution < 1.29 is 14.3 Å². The van der Waals surface area contributed by atoms with Crippen molar-refractivity contribution in [2.75, 3.05) is 45.8 Å². The van der Waals surface area contributed by atoms with E-state index in [1.807, 2.05) is 56.6 Å². The van der Waals surface area contributed by atoms with Crippen LogP contribution in [-0.2, 0) is 0 Å². The molecular formula is C24H31N3O3S. The molecule has 0 saturated carbocycles. The van der Waals surface area contributed by atoms with Gasteiger partial charge in [0.15, 0.2) is 5.13 Å². The Balaban J connectivity index is 1.88.